The molecule has 1 heterocycles. The Balaban J connectivity index is 1.94. The zero-order valence-electron chi connectivity index (χ0n) is 15.4. The first-order valence-corrected chi connectivity index (χ1v) is 9.32. The van der Waals surface area contributed by atoms with E-state index in [9.17, 15) is 9.59 Å². The van der Waals surface area contributed by atoms with Gasteiger partial charge in [0.15, 0.2) is 0 Å². The highest BCUT2D eigenvalue weighted by molar-refractivity contribution is 5.91. The van der Waals surface area contributed by atoms with Crippen LogP contribution in [0.25, 0.3) is 0 Å². The second-order valence-corrected chi connectivity index (χ2v) is 7.60. The van der Waals surface area contributed by atoms with E-state index in [2.05, 4.69) is 29.0 Å². The SMILES string of the molecule is C=CC1CC(C)C(C(=O)NCCN2CCNCC2)C1C(=O)C(C)C. The fraction of sp³-hybridized carbons (Fsp3) is 0.789. The number of amides is 1. The van der Waals surface area contributed by atoms with Gasteiger partial charge in [0.05, 0.1) is 5.92 Å². The number of carbonyl (C=O) groups excluding carboxylic acids is 2. The summed E-state index contributed by atoms with van der Waals surface area (Å²) in [5, 5.41) is 6.41. The van der Waals surface area contributed by atoms with Crippen LogP contribution in [0.4, 0.5) is 0 Å². The highest BCUT2D eigenvalue weighted by Crippen LogP contribution is 2.43. The van der Waals surface area contributed by atoms with E-state index < -0.39 is 0 Å². The van der Waals surface area contributed by atoms with Gasteiger partial charge in [-0.3, -0.25) is 14.5 Å². The zero-order valence-corrected chi connectivity index (χ0v) is 15.4. The minimum Gasteiger partial charge on any atom is -0.355 e. The Morgan fingerprint density at radius 3 is 2.54 bits per heavy atom. The summed E-state index contributed by atoms with van der Waals surface area (Å²) in [5.41, 5.74) is 0. The van der Waals surface area contributed by atoms with Gasteiger partial charge in [0.25, 0.3) is 0 Å². The molecule has 4 atom stereocenters. The lowest BCUT2D eigenvalue weighted by Gasteiger charge is -2.28. The Labute approximate surface area is 146 Å². The summed E-state index contributed by atoms with van der Waals surface area (Å²) in [4.78, 5) is 27.8. The van der Waals surface area contributed by atoms with Gasteiger partial charge < -0.3 is 10.6 Å². The van der Waals surface area contributed by atoms with E-state index in [1.807, 2.05) is 19.9 Å². The maximum absolute atomic E-state index is 12.8. The number of nitrogens with zero attached hydrogens (tertiary/aromatic N) is 1. The Morgan fingerprint density at radius 2 is 1.96 bits per heavy atom. The molecule has 5 nitrogen and oxygen atoms in total. The van der Waals surface area contributed by atoms with Crippen LogP contribution in [0.5, 0.6) is 0 Å². The van der Waals surface area contributed by atoms with E-state index >= 15 is 0 Å². The minimum atomic E-state index is -0.217. The van der Waals surface area contributed by atoms with E-state index in [-0.39, 0.29) is 41.3 Å². The molecule has 1 aliphatic carbocycles. The van der Waals surface area contributed by atoms with Gasteiger partial charge in [0.1, 0.15) is 5.78 Å². The van der Waals surface area contributed by atoms with Gasteiger partial charge in [0.2, 0.25) is 5.91 Å². The summed E-state index contributed by atoms with van der Waals surface area (Å²) < 4.78 is 0. The van der Waals surface area contributed by atoms with E-state index in [4.69, 9.17) is 0 Å². The van der Waals surface area contributed by atoms with Crippen LogP contribution in [0.1, 0.15) is 27.2 Å². The molecule has 24 heavy (non-hydrogen) atoms. The van der Waals surface area contributed by atoms with Gasteiger partial charge in [-0.1, -0.05) is 26.8 Å². The molecule has 1 aliphatic heterocycles. The Morgan fingerprint density at radius 1 is 1.29 bits per heavy atom. The molecule has 2 fully saturated rings. The van der Waals surface area contributed by atoms with Gasteiger partial charge >= 0.3 is 0 Å². The van der Waals surface area contributed by atoms with Crippen LogP contribution < -0.4 is 10.6 Å². The Kier molecular flexibility index (Phi) is 6.99. The van der Waals surface area contributed by atoms with Gasteiger partial charge in [-0.15, -0.1) is 6.58 Å². The topological polar surface area (TPSA) is 61.4 Å². The number of carbonyl (C=O) groups is 2. The third-order valence-electron chi connectivity index (χ3n) is 5.55. The molecule has 0 aromatic rings. The number of hydrogen-bond acceptors (Lipinski definition) is 4. The molecule has 2 aliphatic rings. The van der Waals surface area contributed by atoms with Crippen molar-refractivity contribution >= 4 is 11.7 Å². The van der Waals surface area contributed by atoms with Gasteiger partial charge in [-0.25, -0.2) is 0 Å². The summed E-state index contributed by atoms with van der Waals surface area (Å²) >= 11 is 0. The highest BCUT2D eigenvalue weighted by atomic mass is 16.2. The molecule has 0 aromatic carbocycles. The van der Waals surface area contributed by atoms with Crippen molar-refractivity contribution in [2.75, 3.05) is 39.3 Å². The Bertz CT molecular complexity index is 458. The quantitative estimate of drug-likeness (QED) is 0.689. The third-order valence-corrected chi connectivity index (χ3v) is 5.55. The summed E-state index contributed by atoms with van der Waals surface area (Å²) in [6.07, 6.45) is 2.75. The number of piperazine rings is 1. The van der Waals surface area contributed by atoms with Crippen molar-refractivity contribution in [1.29, 1.82) is 0 Å². The van der Waals surface area contributed by atoms with Crippen LogP contribution in [0, 0.1) is 29.6 Å². The van der Waals surface area contributed by atoms with E-state index in [0.29, 0.717) is 6.54 Å². The second-order valence-electron chi connectivity index (χ2n) is 7.60. The van der Waals surface area contributed by atoms with Gasteiger partial charge in [0, 0.05) is 51.1 Å². The van der Waals surface area contributed by atoms with Crippen LogP contribution in [-0.4, -0.2) is 55.9 Å². The van der Waals surface area contributed by atoms with E-state index in [1.165, 1.54) is 0 Å². The summed E-state index contributed by atoms with van der Waals surface area (Å²) in [6, 6.07) is 0. The van der Waals surface area contributed by atoms with Crippen molar-refractivity contribution in [2.45, 2.75) is 27.2 Å². The number of rotatable bonds is 7. The molecule has 1 amide bonds. The average Bonchev–Trinajstić information content (AvgIpc) is 2.91. The lowest BCUT2D eigenvalue weighted by Crippen LogP contribution is -2.47. The van der Waals surface area contributed by atoms with Crippen molar-refractivity contribution in [3.8, 4) is 0 Å². The van der Waals surface area contributed by atoms with Crippen molar-refractivity contribution < 1.29 is 9.59 Å². The first-order valence-electron chi connectivity index (χ1n) is 9.32. The van der Waals surface area contributed by atoms with E-state index in [1.54, 1.807) is 0 Å². The second kappa shape index (κ2) is 8.77. The van der Waals surface area contributed by atoms with Gasteiger partial charge in [-0.2, -0.15) is 0 Å². The monoisotopic (exact) mass is 335 g/mol. The van der Waals surface area contributed by atoms with Crippen LogP contribution in [0.3, 0.4) is 0 Å². The summed E-state index contributed by atoms with van der Waals surface area (Å²) in [5.74, 6) is 0.118. The molecule has 0 radical (unpaired) electrons. The maximum Gasteiger partial charge on any atom is 0.224 e. The van der Waals surface area contributed by atoms with E-state index in [0.717, 1.165) is 39.1 Å². The first-order chi connectivity index (χ1) is 11.5. The fourth-order valence-corrected chi connectivity index (χ4v) is 4.17. The van der Waals surface area contributed by atoms with Crippen molar-refractivity contribution in [2.24, 2.45) is 29.6 Å². The molecule has 0 aromatic heterocycles. The van der Waals surface area contributed by atoms with Crippen molar-refractivity contribution in [1.82, 2.24) is 15.5 Å². The molecule has 136 valence electrons. The normalized spacial score (nSPS) is 31.2. The standard InChI is InChI=1S/C19H33N3O2/c1-5-15-12-14(4)16(17(15)18(23)13(2)3)19(24)21-8-11-22-9-6-20-7-10-22/h5,13-17,20H,1,6-12H2,2-4H3,(H,21,24). The van der Waals surface area contributed by atoms with Gasteiger partial charge in [-0.05, 0) is 18.3 Å². The van der Waals surface area contributed by atoms with Crippen LogP contribution in [0.2, 0.25) is 0 Å². The molecule has 4 unspecified atom stereocenters. The number of hydrogen-bond donors (Lipinski definition) is 2. The van der Waals surface area contributed by atoms with Crippen molar-refractivity contribution in [3.63, 3.8) is 0 Å². The number of allylic oxidation sites excluding steroid dienone is 1. The summed E-state index contributed by atoms with van der Waals surface area (Å²) in [7, 11) is 0. The molecule has 1 saturated carbocycles. The summed E-state index contributed by atoms with van der Waals surface area (Å²) in [6.45, 7) is 15.4. The Hall–Kier alpha value is -1.20. The van der Waals surface area contributed by atoms with Crippen LogP contribution in [0.15, 0.2) is 12.7 Å². The molecule has 0 bridgehead atoms. The van der Waals surface area contributed by atoms with Crippen molar-refractivity contribution in [3.05, 3.63) is 12.7 Å². The molecule has 1 saturated heterocycles. The number of ketones is 1. The fourth-order valence-electron chi connectivity index (χ4n) is 4.17. The zero-order chi connectivity index (χ0) is 17.7. The lowest BCUT2D eigenvalue weighted by molar-refractivity contribution is -0.135. The molecule has 2 rings (SSSR count). The molecule has 0 spiro atoms. The largest absolute Gasteiger partial charge is 0.355 e. The molecule has 2 N–H and O–H groups in total. The number of nitrogens with one attached hydrogen (secondary N) is 2. The highest BCUT2D eigenvalue weighted by Gasteiger charge is 2.47. The maximum atomic E-state index is 12.8. The minimum absolute atomic E-state index is 0.0426. The van der Waals surface area contributed by atoms with Crippen LogP contribution >= 0.6 is 0 Å². The average molecular weight is 335 g/mol. The molecular weight excluding hydrogens is 302 g/mol. The predicted molar refractivity (Wildman–Crippen MR) is 96.6 cm³/mol. The smallest absolute Gasteiger partial charge is 0.224 e. The lowest BCUT2D eigenvalue weighted by atomic mass is 9.80. The third kappa shape index (κ3) is 4.45. The van der Waals surface area contributed by atoms with Crippen LogP contribution in [-0.2, 0) is 9.59 Å². The molecular formula is C19H33N3O2. The molecule has 5 heteroatoms. The predicted octanol–water partition coefficient (Wildman–Crippen LogP) is 1.31. The number of Topliss-reactive ketones (excluding diaryl/α,β-unsaturated/α-hetero) is 1. The first kappa shape index (κ1) is 19.1.